The van der Waals surface area contributed by atoms with Crippen molar-refractivity contribution in [2.45, 2.75) is 25.5 Å². The Hall–Kier alpha value is -1.28. The normalized spacial score (nSPS) is 17.9. The molecule has 1 aliphatic rings. The van der Waals surface area contributed by atoms with Crippen LogP contribution in [-0.2, 0) is 0 Å². The monoisotopic (exact) mass is 350 g/mol. The Bertz CT molecular complexity index is 422. The van der Waals surface area contributed by atoms with E-state index in [1.807, 2.05) is 0 Å². The van der Waals surface area contributed by atoms with Crippen LogP contribution >= 0.6 is 15.9 Å². The minimum absolute atomic E-state index is 0.0757. The highest BCUT2D eigenvalue weighted by Crippen LogP contribution is 2.27. The van der Waals surface area contributed by atoms with Gasteiger partial charge in [0.2, 0.25) is 0 Å². The molecule has 1 aliphatic carbocycles. The Kier molecular flexibility index (Phi) is 6.80. The lowest BCUT2D eigenvalue weighted by Crippen LogP contribution is -2.24. The fraction of sp³-hybridized carbons (Fsp3) is 0.500. The molecule has 0 heterocycles. The zero-order valence-corrected chi connectivity index (χ0v) is 12.3. The second-order valence-electron chi connectivity index (χ2n) is 4.42. The third-order valence-corrected chi connectivity index (χ3v) is 3.23. The van der Waals surface area contributed by atoms with E-state index in [1.54, 1.807) is 5.32 Å². The largest absolute Gasteiger partial charge is 0.390 e. The highest BCUT2D eigenvalue weighted by molar-refractivity contribution is 9.18. The highest BCUT2D eigenvalue weighted by Gasteiger charge is 2.21. The molecule has 1 atom stereocenters. The molecule has 0 aromatic carbocycles. The predicted octanol–water partition coefficient (Wildman–Crippen LogP) is 1.95. The van der Waals surface area contributed by atoms with Crippen LogP contribution in [0.15, 0.2) is 23.5 Å². The van der Waals surface area contributed by atoms with Gasteiger partial charge in [0.05, 0.1) is 0 Å². The van der Waals surface area contributed by atoms with Gasteiger partial charge in [0.1, 0.15) is 10.7 Å². The lowest BCUT2D eigenvalue weighted by atomic mass is 10.0. The molecule has 0 radical (unpaired) electrons. The van der Waals surface area contributed by atoms with Crippen LogP contribution in [0.1, 0.15) is 12.8 Å². The number of aliphatic hydroxyl groups excluding tert-OH is 1. The molecule has 0 aromatic rings. The van der Waals surface area contributed by atoms with Crippen molar-refractivity contribution in [3.05, 3.63) is 23.5 Å². The van der Waals surface area contributed by atoms with E-state index < -0.39 is 12.7 Å². The van der Waals surface area contributed by atoms with Crippen LogP contribution in [0.2, 0.25) is 0 Å². The van der Waals surface area contributed by atoms with Gasteiger partial charge < -0.3 is 21.1 Å². The van der Waals surface area contributed by atoms with Gasteiger partial charge in [-0.25, -0.2) is 0 Å². The Morgan fingerprint density at radius 3 is 2.50 bits per heavy atom. The first-order valence-corrected chi connectivity index (χ1v) is 6.85. The molecule has 112 valence electrons. The van der Waals surface area contributed by atoms with Gasteiger partial charge in [0.25, 0.3) is 0 Å². The summed E-state index contributed by atoms with van der Waals surface area (Å²) >= 11 is 2.84. The molecule has 20 heavy (non-hydrogen) atoms. The minimum atomic E-state index is -2.79. The standard InChI is InChI=1S/C12H17BrF2N4O/c13-11(17)9(6-19-12(14)15)10(20)8(3-16)5-18-4-7-1-2-7/h3,5-7,10,12,16-20H,1-2,4H2/b8-5+,9-6-,16-3?,17-11?. The summed E-state index contributed by atoms with van der Waals surface area (Å²) in [4.78, 5) is 0. The third kappa shape index (κ3) is 5.79. The average molecular weight is 351 g/mol. The average Bonchev–Trinajstić information content (AvgIpc) is 3.17. The molecule has 0 aromatic heterocycles. The molecule has 1 fully saturated rings. The maximum absolute atomic E-state index is 12.1. The van der Waals surface area contributed by atoms with Gasteiger partial charge in [-0.1, -0.05) is 0 Å². The molecule has 0 bridgehead atoms. The van der Waals surface area contributed by atoms with Gasteiger partial charge in [-0.15, -0.1) is 0 Å². The van der Waals surface area contributed by atoms with Crippen molar-refractivity contribution >= 4 is 26.8 Å². The summed E-state index contributed by atoms with van der Waals surface area (Å²) in [5.41, 5.74) is 0.116. The molecule has 0 aliphatic heterocycles. The van der Waals surface area contributed by atoms with Gasteiger partial charge in [0.15, 0.2) is 0 Å². The Balaban J connectivity index is 2.72. The molecule has 1 rings (SSSR count). The van der Waals surface area contributed by atoms with E-state index in [0.717, 1.165) is 19.0 Å². The number of alkyl halides is 2. The van der Waals surface area contributed by atoms with Crippen LogP contribution in [-0.4, -0.2) is 35.1 Å². The van der Waals surface area contributed by atoms with Crippen LogP contribution < -0.4 is 10.6 Å². The van der Waals surface area contributed by atoms with E-state index in [2.05, 4.69) is 21.2 Å². The maximum atomic E-state index is 12.1. The molecule has 5 N–H and O–H groups in total. The van der Waals surface area contributed by atoms with Gasteiger partial charge in [0, 0.05) is 36.3 Å². The molecule has 5 nitrogen and oxygen atoms in total. The number of nitrogens with one attached hydrogen (secondary N) is 4. The molecule has 1 saturated carbocycles. The van der Waals surface area contributed by atoms with Gasteiger partial charge in [-0.05, 0) is 34.7 Å². The molecule has 0 saturated heterocycles. The van der Waals surface area contributed by atoms with Crippen LogP contribution in [0, 0.1) is 16.7 Å². The molecule has 0 amide bonds. The number of rotatable bonds is 9. The number of halogens is 3. The van der Waals surface area contributed by atoms with Crippen molar-refractivity contribution in [2.24, 2.45) is 5.92 Å². The second-order valence-corrected chi connectivity index (χ2v) is 5.22. The SMILES string of the molecule is N=C/C(=C\NCC1CC1)C(O)/C(=C/NC(F)F)C(=N)Br. The molecule has 1 unspecified atom stereocenters. The van der Waals surface area contributed by atoms with Crippen molar-refractivity contribution in [3.63, 3.8) is 0 Å². The number of hydrogen-bond acceptors (Lipinski definition) is 5. The zero-order chi connectivity index (χ0) is 15.1. The van der Waals surface area contributed by atoms with Gasteiger partial charge in [-0.3, -0.25) is 5.41 Å². The maximum Gasteiger partial charge on any atom is 0.312 e. The van der Waals surface area contributed by atoms with Crippen LogP contribution in [0.25, 0.3) is 0 Å². The van der Waals surface area contributed by atoms with E-state index in [-0.39, 0.29) is 15.8 Å². The second kappa shape index (κ2) is 8.11. The van der Waals surface area contributed by atoms with Crippen molar-refractivity contribution in [2.75, 3.05) is 6.54 Å². The number of aliphatic hydroxyl groups is 1. The lowest BCUT2D eigenvalue weighted by molar-refractivity contribution is 0.124. The van der Waals surface area contributed by atoms with Crippen LogP contribution in [0.5, 0.6) is 0 Å². The Morgan fingerprint density at radius 1 is 1.40 bits per heavy atom. The van der Waals surface area contributed by atoms with E-state index in [1.165, 1.54) is 19.0 Å². The summed E-state index contributed by atoms with van der Waals surface area (Å²) in [6.07, 6.45) is 4.26. The Morgan fingerprint density at radius 2 is 2.05 bits per heavy atom. The Labute approximate surface area is 124 Å². The van der Waals surface area contributed by atoms with Crippen molar-refractivity contribution in [1.29, 1.82) is 10.8 Å². The smallest absolute Gasteiger partial charge is 0.312 e. The molecule has 8 heteroatoms. The van der Waals surface area contributed by atoms with Gasteiger partial charge >= 0.3 is 6.55 Å². The summed E-state index contributed by atoms with van der Waals surface area (Å²) in [5.74, 6) is 0.625. The summed E-state index contributed by atoms with van der Waals surface area (Å²) in [6, 6.07) is 0. The van der Waals surface area contributed by atoms with Crippen LogP contribution in [0.4, 0.5) is 8.78 Å². The summed E-state index contributed by atoms with van der Waals surface area (Å²) in [7, 11) is 0. The molecule has 0 spiro atoms. The zero-order valence-electron chi connectivity index (χ0n) is 10.7. The highest BCUT2D eigenvalue weighted by atomic mass is 79.9. The van der Waals surface area contributed by atoms with E-state index in [0.29, 0.717) is 5.92 Å². The topological polar surface area (TPSA) is 92.0 Å². The first kappa shape index (κ1) is 16.8. The fourth-order valence-electron chi connectivity index (χ4n) is 1.46. The van der Waals surface area contributed by atoms with E-state index in [4.69, 9.17) is 10.8 Å². The van der Waals surface area contributed by atoms with Crippen molar-refractivity contribution in [3.8, 4) is 0 Å². The first-order chi connectivity index (χ1) is 9.45. The van der Waals surface area contributed by atoms with E-state index in [9.17, 15) is 13.9 Å². The molecular weight excluding hydrogens is 334 g/mol. The van der Waals surface area contributed by atoms with Crippen molar-refractivity contribution in [1.82, 2.24) is 10.6 Å². The van der Waals surface area contributed by atoms with Crippen LogP contribution in [0.3, 0.4) is 0 Å². The minimum Gasteiger partial charge on any atom is -0.390 e. The quantitative estimate of drug-likeness (QED) is 0.325. The predicted molar refractivity (Wildman–Crippen MR) is 77.5 cm³/mol. The third-order valence-electron chi connectivity index (χ3n) is 2.77. The summed E-state index contributed by atoms with van der Waals surface area (Å²) in [5, 5.41) is 29.5. The fourth-order valence-corrected chi connectivity index (χ4v) is 1.79. The van der Waals surface area contributed by atoms with Gasteiger partial charge in [-0.2, -0.15) is 8.78 Å². The lowest BCUT2D eigenvalue weighted by Gasteiger charge is -2.15. The summed E-state index contributed by atoms with van der Waals surface area (Å²) in [6.45, 7) is -2.03. The summed E-state index contributed by atoms with van der Waals surface area (Å²) < 4.78 is 24.0. The first-order valence-electron chi connectivity index (χ1n) is 6.06. The van der Waals surface area contributed by atoms with Crippen molar-refractivity contribution < 1.29 is 13.9 Å². The molecular formula is C12H17BrF2N4O. The number of hydrogen-bond donors (Lipinski definition) is 5. The van der Waals surface area contributed by atoms with E-state index >= 15 is 0 Å².